The fourth-order valence-corrected chi connectivity index (χ4v) is 5.38. The quantitative estimate of drug-likeness (QED) is 0.108. The second-order valence-electron chi connectivity index (χ2n) is 6.42. The summed E-state index contributed by atoms with van der Waals surface area (Å²) in [7, 11) is 0. The molecule has 0 N–H and O–H groups in total. The molecule has 0 heterocycles. The molecule has 0 aromatic carbocycles. The van der Waals surface area contributed by atoms with Gasteiger partial charge in [0.1, 0.15) is 0 Å². The standard InChI is InChI=1S/C18H35Cl3Si/c1-3-5-6-7-8-9-10-11-12-13-14-15-16-17-18(4-2)22(19,20)21/h4,18H,2-3,5-17H2,1H3. The van der Waals surface area contributed by atoms with Gasteiger partial charge in [0.2, 0.25) is 0 Å². The molecular formula is C18H35Cl3Si. The Labute approximate surface area is 154 Å². The van der Waals surface area contributed by atoms with Crippen LogP contribution >= 0.6 is 33.2 Å². The smallest absolute Gasteiger partial charge is 0.125 e. The molecule has 0 saturated heterocycles. The van der Waals surface area contributed by atoms with Gasteiger partial charge in [0.05, 0.1) is 0 Å². The summed E-state index contributed by atoms with van der Waals surface area (Å²) >= 11 is 18.1. The lowest BCUT2D eigenvalue weighted by Crippen LogP contribution is -2.17. The second kappa shape index (κ2) is 15.4. The summed E-state index contributed by atoms with van der Waals surface area (Å²) in [5, 5.41) is 0. The van der Waals surface area contributed by atoms with Crippen LogP contribution in [-0.2, 0) is 0 Å². The highest BCUT2D eigenvalue weighted by Crippen LogP contribution is 2.38. The van der Waals surface area contributed by atoms with Crippen LogP contribution in [0.15, 0.2) is 12.7 Å². The van der Waals surface area contributed by atoms with E-state index in [0.29, 0.717) is 0 Å². The lowest BCUT2D eigenvalue weighted by molar-refractivity contribution is 0.536. The van der Waals surface area contributed by atoms with Crippen molar-refractivity contribution in [3.63, 3.8) is 0 Å². The maximum atomic E-state index is 6.05. The van der Waals surface area contributed by atoms with Gasteiger partial charge in [0.15, 0.2) is 0 Å². The van der Waals surface area contributed by atoms with E-state index in [1.54, 1.807) is 0 Å². The number of allylic oxidation sites excluding steroid dienone is 1. The van der Waals surface area contributed by atoms with Crippen molar-refractivity contribution >= 4 is 39.2 Å². The fraction of sp³-hybridized carbons (Fsp3) is 0.889. The van der Waals surface area contributed by atoms with Crippen LogP contribution in [0, 0.1) is 0 Å². The normalized spacial score (nSPS) is 13.3. The van der Waals surface area contributed by atoms with Gasteiger partial charge < -0.3 is 0 Å². The number of hydrogen-bond acceptors (Lipinski definition) is 0. The van der Waals surface area contributed by atoms with E-state index in [0.717, 1.165) is 12.8 Å². The van der Waals surface area contributed by atoms with Crippen LogP contribution < -0.4 is 0 Å². The Morgan fingerprint density at radius 3 is 1.41 bits per heavy atom. The lowest BCUT2D eigenvalue weighted by atomic mass is 10.0. The zero-order valence-electron chi connectivity index (χ0n) is 14.4. The highest BCUT2D eigenvalue weighted by atomic mass is 35.8. The highest BCUT2D eigenvalue weighted by Gasteiger charge is 2.33. The third-order valence-electron chi connectivity index (χ3n) is 4.32. The summed E-state index contributed by atoms with van der Waals surface area (Å²) in [4.78, 5) is 0. The molecule has 132 valence electrons. The molecule has 0 aliphatic carbocycles. The van der Waals surface area contributed by atoms with Gasteiger partial charge in [-0.2, -0.15) is 0 Å². The fourth-order valence-electron chi connectivity index (χ4n) is 2.80. The van der Waals surface area contributed by atoms with Crippen molar-refractivity contribution in [3.05, 3.63) is 12.7 Å². The van der Waals surface area contributed by atoms with Crippen LogP contribution in [0.2, 0.25) is 5.54 Å². The van der Waals surface area contributed by atoms with Crippen LogP contribution in [0.3, 0.4) is 0 Å². The van der Waals surface area contributed by atoms with Gasteiger partial charge >= 0.3 is 6.00 Å². The first-order valence-corrected chi connectivity index (χ1v) is 14.3. The minimum Gasteiger partial charge on any atom is -0.125 e. The Kier molecular flexibility index (Phi) is 15.9. The Hall–Kier alpha value is 0.827. The average molecular weight is 386 g/mol. The monoisotopic (exact) mass is 384 g/mol. The molecule has 0 aromatic rings. The molecule has 1 atom stereocenters. The first-order valence-electron chi connectivity index (χ1n) is 9.21. The van der Waals surface area contributed by atoms with E-state index in [4.69, 9.17) is 33.2 Å². The summed E-state index contributed by atoms with van der Waals surface area (Å²) in [5.74, 6) is 0. The SMILES string of the molecule is C=CC(CCCCCCCCCCCCCCC)[Si](Cl)(Cl)Cl. The van der Waals surface area contributed by atoms with Gasteiger partial charge in [-0.15, -0.1) is 39.8 Å². The van der Waals surface area contributed by atoms with Crippen molar-refractivity contribution in [2.24, 2.45) is 0 Å². The van der Waals surface area contributed by atoms with Crippen molar-refractivity contribution in [2.45, 2.75) is 102 Å². The van der Waals surface area contributed by atoms with E-state index in [1.165, 1.54) is 77.0 Å². The first kappa shape index (κ1) is 22.8. The van der Waals surface area contributed by atoms with Gasteiger partial charge in [-0.25, -0.2) is 0 Å². The molecule has 0 aliphatic heterocycles. The summed E-state index contributed by atoms with van der Waals surface area (Å²) < 4.78 is 0. The summed E-state index contributed by atoms with van der Waals surface area (Å²) in [6, 6.07) is -2.59. The molecule has 0 rings (SSSR count). The van der Waals surface area contributed by atoms with Gasteiger partial charge in [0.25, 0.3) is 0 Å². The van der Waals surface area contributed by atoms with Crippen LogP contribution in [0.4, 0.5) is 0 Å². The Morgan fingerprint density at radius 2 is 1.09 bits per heavy atom. The number of hydrogen-bond donors (Lipinski definition) is 0. The van der Waals surface area contributed by atoms with Gasteiger partial charge in [-0.1, -0.05) is 96.5 Å². The molecule has 0 spiro atoms. The van der Waals surface area contributed by atoms with Crippen molar-refractivity contribution in [1.29, 1.82) is 0 Å². The summed E-state index contributed by atoms with van der Waals surface area (Å²) in [5.41, 5.74) is 0.116. The number of rotatable bonds is 16. The lowest BCUT2D eigenvalue weighted by Gasteiger charge is -2.17. The molecule has 1 unspecified atom stereocenters. The molecule has 4 heteroatoms. The third kappa shape index (κ3) is 14.4. The molecule has 0 amide bonds. The molecule has 0 nitrogen and oxygen atoms in total. The van der Waals surface area contributed by atoms with E-state index >= 15 is 0 Å². The minimum absolute atomic E-state index is 0.116. The van der Waals surface area contributed by atoms with E-state index in [1.807, 2.05) is 6.08 Å². The molecule has 0 fully saturated rings. The van der Waals surface area contributed by atoms with Crippen molar-refractivity contribution < 1.29 is 0 Å². The number of unbranched alkanes of at least 4 members (excludes halogenated alkanes) is 12. The predicted molar refractivity (Wildman–Crippen MR) is 108 cm³/mol. The molecular weight excluding hydrogens is 351 g/mol. The highest BCUT2D eigenvalue weighted by molar-refractivity contribution is 7.65. The molecule has 22 heavy (non-hydrogen) atoms. The zero-order chi connectivity index (χ0) is 16.7. The number of halogens is 3. The van der Waals surface area contributed by atoms with Crippen LogP contribution in [0.1, 0.15) is 96.8 Å². The topological polar surface area (TPSA) is 0 Å². The minimum atomic E-state index is -2.59. The van der Waals surface area contributed by atoms with E-state index in [-0.39, 0.29) is 5.54 Å². The Bertz CT molecular complexity index is 251. The molecule has 0 radical (unpaired) electrons. The third-order valence-corrected chi connectivity index (χ3v) is 8.21. The molecule has 0 saturated carbocycles. The predicted octanol–water partition coefficient (Wildman–Crippen LogP) is 8.68. The second-order valence-corrected chi connectivity index (χ2v) is 15.3. The largest absolute Gasteiger partial charge is 0.347 e. The summed E-state index contributed by atoms with van der Waals surface area (Å²) in [6.07, 6.45) is 20.6. The molecule has 0 aromatic heterocycles. The first-order chi connectivity index (χ1) is 10.5. The van der Waals surface area contributed by atoms with E-state index in [9.17, 15) is 0 Å². The van der Waals surface area contributed by atoms with Gasteiger partial charge in [-0.05, 0) is 6.42 Å². The van der Waals surface area contributed by atoms with Crippen molar-refractivity contribution in [3.8, 4) is 0 Å². The Morgan fingerprint density at radius 1 is 0.727 bits per heavy atom. The van der Waals surface area contributed by atoms with E-state index < -0.39 is 6.00 Å². The maximum Gasteiger partial charge on any atom is 0.347 e. The van der Waals surface area contributed by atoms with Crippen LogP contribution in [0.25, 0.3) is 0 Å². The summed E-state index contributed by atoms with van der Waals surface area (Å²) in [6.45, 7) is 6.06. The van der Waals surface area contributed by atoms with Crippen molar-refractivity contribution in [2.75, 3.05) is 0 Å². The molecule has 0 aliphatic rings. The average Bonchev–Trinajstić information content (AvgIpc) is 2.46. The van der Waals surface area contributed by atoms with Crippen LogP contribution in [-0.4, -0.2) is 6.00 Å². The zero-order valence-corrected chi connectivity index (χ0v) is 17.7. The van der Waals surface area contributed by atoms with Gasteiger partial charge in [-0.3, -0.25) is 0 Å². The van der Waals surface area contributed by atoms with Crippen LogP contribution in [0.5, 0.6) is 0 Å². The van der Waals surface area contributed by atoms with Crippen molar-refractivity contribution in [1.82, 2.24) is 0 Å². The maximum absolute atomic E-state index is 6.05. The van der Waals surface area contributed by atoms with E-state index in [2.05, 4.69) is 13.5 Å². The Balaban J connectivity index is 3.25. The molecule has 0 bridgehead atoms. The van der Waals surface area contributed by atoms with Gasteiger partial charge in [0, 0.05) is 5.54 Å².